The van der Waals surface area contributed by atoms with Gasteiger partial charge >= 0.3 is 0 Å². The third kappa shape index (κ3) is 1.35. The number of benzene rings is 1. The molecule has 1 aliphatic rings. The highest BCUT2D eigenvalue weighted by molar-refractivity contribution is 5.37. The number of ether oxygens (including phenoxy) is 1. The molecule has 1 aliphatic carbocycles. The summed E-state index contributed by atoms with van der Waals surface area (Å²) in [6.45, 7) is 0. The maximum absolute atomic E-state index is 13.0. The maximum Gasteiger partial charge on any atom is 0.200 e. The summed E-state index contributed by atoms with van der Waals surface area (Å²) in [5, 5.41) is 9.69. The first-order valence-electron chi connectivity index (χ1n) is 4.33. The fourth-order valence-electron chi connectivity index (χ4n) is 1.39. The van der Waals surface area contributed by atoms with Crippen molar-refractivity contribution in [1.29, 1.82) is 0 Å². The normalized spacial score (nSPS) is 18.0. The molecule has 1 aromatic rings. The fraction of sp³-hybridized carbons (Fsp3) is 0.400. The summed E-state index contributed by atoms with van der Waals surface area (Å²) >= 11 is 0. The third-order valence-electron chi connectivity index (χ3n) is 2.48. The molecule has 2 rings (SSSR count). The van der Waals surface area contributed by atoms with Gasteiger partial charge in [0.05, 0.1) is 12.7 Å². The summed E-state index contributed by atoms with van der Waals surface area (Å²) in [6.07, 6.45) is 1.17. The molecular weight excluding hydrogens is 190 g/mol. The molecule has 0 heterocycles. The molecule has 14 heavy (non-hydrogen) atoms. The number of hydrogen-bond acceptors (Lipinski definition) is 2. The van der Waals surface area contributed by atoms with Gasteiger partial charge in [-0.25, -0.2) is 4.39 Å². The molecule has 0 aromatic heterocycles. The first-order chi connectivity index (χ1) is 6.57. The monoisotopic (exact) mass is 200 g/mol. The van der Waals surface area contributed by atoms with Gasteiger partial charge in [-0.05, 0) is 30.5 Å². The Bertz CT molecular complexity index is 373. The van der Waals surface area contributed by atoms with E-state index in [1.807, 2.05) is 0 Å². The van der Waals surface area contributed by atoms with Crippen LogP contribution in [0.1, 0.15) is 18.4 Å². The van der Waals surface area contributed by atoms with E-state index in [0.29, 0.717) is 18.4 Å². The molecule has 0 amide bonds. The van der Waals surface area contributed by atoms with Gasteiger partial charge in [0.1, 0.15) is 0 Å². The van der Waals surface area contributed by atoms with Crippen molar-refractivity contribution in [3.8, 4) is 5.75 Å². The van der Waals surface area contributed by atoms with Crippen molar-refractivity contribution in [2.75, 3.05) is 7.11 Å². The standard InChI is InChI=1S/C10H10F2O2/c1-14-8-5-6(10(13)2-3-10)4-7(11)9(8)12/h4-5,13H,2-3H2,1H3. The van der Waals surface area contributed by atoms with E-state index >= 15 is 0 Å². The number of rotatable bonds is 2. The number of methoxy groups -OCH3 is 1. The van der Waals surface area contributed by atoms with Crippen molar-refractivity contribution < 1.29 is 18.6 Å². The van der Waals surface area contributed by atoms with Crippen LogP contribution in [0, 0.1) is 11.6 Å². The van der Waals surface area contributed by atoms with E-state index in [2.05, 4.69) is 4.74 Å². The van der Waals surface area contributed by atoms with Crippen LogP contribution in [0.3, 0.4) is 0 Å². The van der Waals surface area contributed by atoms with E-state index < -0.39 is 17.2 Å². The molecule has 1 fully saturated rings. The molecule has 0 bridgehead atoms. The van der Waals surface area contributed by atoms with E-state index in [1.54, 1.807) is 0 Å². The van der Waals surface area contributed by atoms with Gasteiger partial charge < -0.3 is 9.84 Å². The number of halogens is 2. The van der Waals surface area contributed by atoms with Crippen LogP contribution in [0.25, 0.3) is 0 Å². The molecule has 0 unspecified atom stereocenters. The Balaban J connectivity index is 2.48. The van der Waals surface area contributed by atoms with E-state index in [4.69, 9.17) is 0 Å². The van der Waals surface area contributed by atoms with Gasteiger partial charge in [0, 0.05) is 0 Å². The van der Waals surface area contributed by atoms with Crippen LogP contribution < -0.4 is 4.74 Å². The Morgan fingerprint density at radius 1 is 1.36 bits per heavy atom. The summed E-state index contributed by atoms with van der Waals surface area (Å²) in [7, 11) is 1.26. The summed E-state index contributed by atoms with van der Waals surface area (Å²) in [5.74, 6) is -2.17. The van der Waals surface area contributed by atoms with E-state index in [9.17, 15) is 13.9 Å². The molecule has 1 saturated carbocycles. The van der Waals surface area contributed by atoms with Crippen LogP contribution in [0.15, 0.2) is 12.1 Å². The second-order valence-corrected chi connectivity index (χ2v) is 3.51. The van der Waals surface area contributed by atoms with Crippen molar-refractivity contribution in [2.45, 2.75) is 18.4 Å². The van der Waals surface area contributed by atoms with Crippen molar-refractivity contribution >= 4 is 0 Å². The van der Waals surface area contributed by atoms with Crippen LogP contribution in [-0.4, -0.2) is 12.2 Å². The highest BCUT2D eigenvalue weighted by Crippen LogP contribution is 2.46. The van der Waals surface area contributed by atoms with Crippen molar-refractivity contribution in [3.05, 3.63) is 29.3 Å². The molecule has 4 heteroatoms. The van der Waals surface area contributed by atoms with Crippen LogP contribution >= 0.6 is 0 Å². The molecule has 1 N–H and O–H groups in total. The van der Waals surface area contributed by atoms with Crippen LogP contribution in [0.2, 0.25) is 0 Å². The third-order valence-corrected chi connectivity index (χ3v) is 2.48. The average Bonchev–Trinajstić information content (AvgIpc) is 2.89. The van der Waals surface area contributed by atoms with Gasteiger partial charge in [0.2, 0.25) is 5.82 Å². The predicted molar refractivity (Wildman–Crippen MR) is 46.0 cm³/mol. The summed E-state index contributed by atoms with van der Waals surface area (Å²) in [6, 6.07) is 2.36. The smallest absolute Gasteiger partial charge is 0.200 e. The lowest BCUT2D eigenvalue weighted by Gasteiger charge is -2.10. The minimum atomic E-state index is -1.01. The quantitative estimate of drug-likeness (QED) is 0.790. The largest absolute Gasteiger partial charge is 0.494 e. The zero-order valence-electron chi connectivity index (χ0n) is 7.68. The first kappa shape index (κ1) is 9.40. The zero-order chi connectivity index (χ0) is 10.3. The maximum atomic E-state index is 13.0. The number of aliphatic hydroxyl groups is 1. The average molecular weight is 200 g/mol. The lowest BCUT2D eigenvalue weighted by molar-refractivity contribution is 0.150. The van der Waals surface area contributed by atoms with E-state index in [1.165, 1.54) is 13.2 Å². The van der Waals surface area contributed by atoms with Crippen molar-refractivity contribution in [1.82, 2.24) is 0 Å². The van der Waals surface area contributed by atoms with Crippen LogP contribution in [0.4, 0.5) is 8.78 Å². The topological polar surface area (TPSA) is 29.5 Å². The highest BCUT2D eigenvalue weighted by Gasteiger charge is 2.43. The van der Waals surface area contributed by atoms with Gasteiger partial charge in [-0.15, -0.1) is 0 Å². The van der Waals surface area contributed by atoms with Crippen molar-refractivity contribution in [2.24, 2.45) is 0 Å². The molecule has 76 valence electrons. The van der Waals surface area contributed by atoms with E-state index in [0.717, 1.165) is 6.07 Å². The van der Waals surface area contributed by atoms with Gasteiger partial charge in [-0.3, -0.25) is 0 Å². The Kier molecular flexibility index (Phi) is 1.96. The summed E-state index contributed by atoms with van der Waals surface area (Å²) in [5.41, 5.74) is -0.588. The molecule has 2 nitrogen and oxygen atoms in total. The molecule has 0 radical (unpaired) electrons. The predicted octanol–water partition coefficient (Wildman–Crippen LogP) is 1.95. The van der Waals surface area contributed by atoms with Gasteiger partial charge in [0.25, 0.3) is 0 Å². The first-order valence-corrected chi connectivity index (χ1v) is 4.33. The molecule has 0 atom stereocenters. The Hall–Kier alpha value is -1.16. The summed E-state index contributed by atoms with van der Waals surface area (Å²) in [4.78, 5) is 0. The van der Waals surface area contributed by atoms with E-state index in [-0.39, 0.29) is 5.75 Å². The second-order valence-electron chi connectivity index (χ2n) is 3.51. The van der Waals surface area contributed by atoms with Gasteiger partial charge in [0.15, 0.2) is 11.6 Å². The molecular formula is C10H10F2O2. The highest BCUT2D eigenvalue weighted by atomic mass is 19.2. The lowest BCUT2D eigenvalue weighted by Crippen LogP contribution is -2.06. The SMILES string of the molecule is COc1cc(C2(O)CC2)cc(F)c1F. The Labute approximate surface area is 80.1 Å². The minimum absolute atomic E-state index is 0.166. The molecule has 1 aromatic carbocycles. The molecule has 0 saturated heterocycles. The minimum Gasteiger partial charge on any atom is -0.494 e. The van der Waals surface area contributed by atoms with Crippen LogP contribution in [-0.2, 0) is 5.60 Å². The molecule has 0 spiro atoms. The molecule has 0 aliphatic heterocycles. The summed E-state index contributed by atoms with van der Waals surface area (Å²) < 4.78 is 30.7. The van der Waals surface area contributed by atoms with Gasteiger partial charge in [-0.2, -0.15) is 4.39 Å². The Morgan fingerprint density at radius 2 is 2.00 bits per heavy atom. The van der Waals surface area contributed by atoms with Gasteiger partial charge in [-0.1, -0.05) is 0 Å². The lowest BCUT2D eigenvalue weighted by atomic mass is 10.1. The van der Waals surface area contributed by atoms with Crippen LogP contribution in [0.5, 0.6) is 5.75 Å². The Morgan fingerprint density at radius 3 is 2.50 bits per heavy atom. The second kappa shape index (κ2) is 2.92. The number of hydrogen-bond donors (Lipinski definition) is 1. The fourth-order valence-corrected chi connectivity index (χ4v) is 1.39. The zero-order valence-corrected chi connectivity index (χ0v) is 7.68. The van der Waals surface area contributed by atoms with Crippen molar-refractivity contribution in [3.63, 3.8) is 0 Å².